The highest BCUT2D eigenvalue weighted by Gasteiger charge is 2.47. The third kappa shape index (κ3) is 4.95. The molecule has 0 radical (unpaired) electrons. The first-order valence-corrected chi connectivity index (χ1v) is 12.4. The van der Waals surface area contributed by atoms with Crippen molar-refractivity contribution < 1.29 is 22.7 Å². The van der Waals surface area contributed by atoms with Crippen LogP contribution in [0.3, 0.4) is 0 Å². The van der Waals surface area contributed by atoms with Crippen LogP contribution in [0.2, 0.25) is 0 Å². The van der Waals surface area contributed by atoms with E-state index in [9.17, 15) is 13.2 Å². The van der Waals surface area contributed by atoms with Gasteiger partial charge in [-0.15, -0.1) is 0 Å². The molecule has 0 saturated carbocycles. The first-order chi connectivity index (χ1) is 15.0. The van der Waals surface area contributed by atoms with Gasteiger partial charge in [-0.2, -0.15) is 0 Å². The van der Waals surface area contributed by atoms with Crippen LogP contribution in [-0.2, 0) is 21.2 Å². The highest BCUT2D eigenvalue weighted by atomic mass is 32.2. The van der Waals surface area contributed by atoms with Crippen molar-refractivity contribution in [3.8, 4) is 5.75 Å². The minimum atomic E-state index is -3.21. The van der Waals surface area contributed by atoms with Crippen molar-refractivity contribution in [2.45, 2.75) is 56.4 Å². The quantitative estimate of drug-likeness (QED) is 0.671. The summed E-state index contributed by atoms with van der Waals surface area (Å²) in [5.74, 6) is 1.15. The molecular weight excluding hydrogens is 432 g/mol. The van der Waals surface area contributed by atoms with Crippen molar-refractivity contribution in [3.05, 3.63) is 42.2 Å². The number of hydrogen-bond donors (Lipinski definition) is 0. The van der Waals surface area contributed by atoms with Gasteiger partial charge in [0.2, 0.25) is 5.95 Å². The topological polar surface area (TPSA) is 102 Å². The number of fused-ring (bicyclic) bond motifs is 2. The van der Waals surface area contributed by atoms with Gasteiger partial charge in [0, 0.05) is 19.3 Å². The molecule has 2 fully saturated rings. The first kappa shape index (κ1) is 22.3. The minimum absolute atomic E-state index is 0.101. The number of sulfone groups is 1. The zero-order valence-electron chi connectivity index (χ0n) is 18.7. The number of carbonyl (C=O) groups excluding carboxylic acids is 1. The Kier molecular flexibility index (Phi) is 5.74. The Morgan fingerprint density at radius 3 is 2.28 bits per heavy atom. The van der Waals surface area contributed by atoms with E-state index in [0.29, 0.717) is 24.8 Å². The Bertz CT molecular complexity index is 1080. The van der Waals surface area contributed by atoms with E-state index in [0.717, 1.165) is 12.0 Å². The minimum Gasteiger partial charge on any atom is -0.486 e. The Morgan fingerprint density at radius 1 is 1.09 bits per heavy atom. The predicted molar refractivity (Wildman–Crippen MR) is 118 cm³/mol. The second-order valence-electron chi connectivity index (χ2n) is 9.25. The summed E-state index contributed by atoms with van der Waals surface area (Å²) in [7, 11) is -3.21. The third-order valence-corrected chi connectivity index (χ3v) is 6.63. The molecule has 1 amide bonds. The number of piperazine rings is 1. The van der Waals surface area contributed by atoms with Gasteiger partial charge in [-0.25, -0.2) is 23.2 Å². The molecule has 2 atom stereocenters. The molecule has 1 aromatic carbocycles. The van der Waals surface area contributed by atoms with E-state index in [-0.39, 0.29) is 29.7 Å². The molecule has 2 aromatic rings. The highest BCUT2D eigenvalue weighted by Crippen LogP contribution is 2.34. The lowest BCUT2D eigenvalue weighted by Gasteiger charge is -2.35. The van der Waals surface area contributed by atoms with E-state index in [1.54, 1.807) is 41.6 Å². The SMILES string of the molecule is CC(C)(C)OC(=O)N1C[C@H]2C[C@H]1CN2c1ncc(OCc2ccc(S(C)(=O)=O)cc2)cn1. The van der Waals surface area contributed by atoms with E-state index in [1.165, 1.54) is 6.26 Å². The van der Waals surface area contributed by atoms with Crippen LogP contribution < -0.4 is 9.64 Å². The molecule has 2 bridgehead atoms. The number of carbonyl (C=O) groups is 1. The molecule has 0 aliphatic carbocycles. The molecule has 1 aromatic heterocycles. The van der Waals surface area contributed by atoms with Gasteiger partial charge >= 0.3 is 6.09 Å². The number of aromatic nitrogens is 2. The molecule has 0 unspecified atom stereocenters. The monoisotopic (exact) mass is 460 g/mol. The van der Waals surface area contributed by atoms with Gasteiger partial charge in [0.05, 0.1) is 29.4 Å². The summed E-state index contributed by atoms with van der Waals surface area (Å²) in [6.07, 6.45) is 5.05. The molecule has 0 spiro atoms. The Labute approximate surface area is 188 Å². The van der Waals surface area contributed by atoms with Crippen molar-refractivity contribution in [2.75, 3.05) is 24.2 Å². The van der Waals surface area contributed by atoms with Gasteiger partial charge in [-0.05, 0) is 44.9 Å². The summed E-state index contributed by atoms with van der Waals surface area (Å²) in [6.45, 7) is 7.17. The number of hydrogen-bond acceptors (Lipinski definition) is 8. The number of rotatable bonds is 5. The fourth-order valence-electron chi connectivity index (χ4n) is 3.99. The van der Waals surface area contributed by atoms with Crippen molar-refractivity contribution in [1.82, 2.24) is 14.9 Å². The van der Waals surface area contributed by atoms with Crippen molar-refractivity contribution in [1.29, 1.82) is 0 Å². The molecule has 2 aliphatic rings. The van der Waals surface area contributed by atoms with Crippen molar-refractivity contribution in [2.24, 2.45) is 0 Å². The average molecular weight is 461 g/mol. The lowest BCUT2D eigenvalue weighted by atomic mass is 10.2. The number of nitrogens with zero attached hydrogens (tertiary/aromatic N) is 4. The number of amides is 1. The lowest BCUT2D eigenvalue weighted by Crippen LogP contribution is -2.50. The number of benzene rings is 1. The van der Waals surface area contributed by atoms with Crippen LogP contribution in [0, 0.1) is 0 Å². The van der Waals surface area contributed by atoms with Crippen LogP contribution in [-0.4, -0.2) is 66.4 Å². The van der Waals surface area contributed by atoms with Gasteiger partial charge in [-0.3, -0.25) is 0 Å². The zero-order chi connectivity index (χ0) is 23.1. The maximum absolute atomic E-state index is 12.4. The maximum atomic E-state index is 12.4. The van der Waals surface area contributed by atoms with E-state index >= 15 is 0 Å². The molecule has 32 heavy (non-hydrogen) atoms. The summed E-state index contributed by atoms with van der Waals surface area (Å²) in [5.41, 5.74) is 0.341. The van der Waals surface area contributed by atoms with Crippen LogP contribution in [0.15, 0.2) is 41.6 Å². The molecule has 2 aliphatic heterocycles. The Balaban J connectivity index is 1.32. The van der Waals surface area contributed by atoms with E-state index in [4.69, 9.17) is 9.47 Å². The molecule has 3 heterocycles. The number of likely N-dealkylation sites (tertiary alicyclic amines) is 1. The summed E-state index contributed by atoms with van der Waals surface area (Å²) in [6, 6.07) is 6.86. The van der Waals surface area contributed by atoms with E-state index in [2.05, 4.69) is 14.9 Å². The van der Waals surface area contributed by atoms with E-state index < -0.39 is 15.4 Å². The van der Waals surface area contributed by atoms with Crippen LogP contribution in [0.25, 0.3) is 0 Å². The van der Waals surface area contributed by atoms with Crippen molar-refractivity contribution >= 4 is 21.9 Å². The fourth-order valence-corrected chi connectivity index (χ4v) is 4.62. The normalized spacial score (nSPS) is 20.5. The standard InChI is InChI=1S/C22H28N4O5S/c1-22(2,3)31-21(27)26-13-16-9-17(26)12-25(16)20-23-10-18(11-24-20)30-14-15-5-7-19(8-6-15)32(4,28)29/h5-8,10-11,16-17H,9,12-14H2,1-4H3/t16-,17+/m1/s1. The van der Waals surface area contributed by atoms with Crippen LogP contribution in [0.4, 0.5) is 10.7 Å². The zero-order valence-corrected chi connectivity index (χ0v) is 19.5. The Morgan fingerprint density at radius 2 is 1.75 bits per heavy atom. The van der Waals surface area contributed by atoms with Crippen molar-refractivity contribution in [3.63, 3.8) is 0 Å². The first-order valence-electron chi connectivity index (χ1n) is 10.5. The van der Waals surface area contributed by atoms with Crippen LogP contribution in [0.5, 0.6) is 5.75 Å². The smallest absolute Gasteiger partial charge is 0.410 e. The van der Waals surface area contributed by atoms with Crippen LogP contribution in [0.1, 0.15) is 32.8 Å². The molecule has 10 heteroatoms. The summed E-state index contributed by atoms with van der Waals surface area (Å²) in [4.78, 5) is 25.5. The lowest BCUT2D eigenvalue weighted by molar-refractivity contribution is 0.0214. The molecule has 4 rings (SSSR count). The maximum Gasteiger partial charge on any atom is 0.410 e. The highest BCUT2D eigenvalue weighted by molar-refractivity contribution is 7.90. The second-order valence-corrected chi connectivity index (χ2v) is 11.3. The van der Waals surface area contributed by atoms with Gasteiger partial charge in [0.1, 0.15) is 12.2 Å². The molecule has 2 saturated heterocycles. The summed E-state index contributed by atoms with van der Waals surface area (Å²) in [5, 5.41) is 0. The summed E-state index contributed by atoms with van der Waals surface area (Å²) >= 11 is 0. The number of ether oxygens (including phenoxy) is 2. The van der Waals surface area contributed by atoms with Gasteiger partial charge < -0.3 is 19.3 Å². The molecule has 9 nitrogen and oxygen atoms in total. The fraction of sp³-hybridized carbons (Fsp3) is 0.500. The third-order valence-electron chi connectivity index (χ3n) is 5.50. The molecule has 0 N–H and O–H groups in total. The molecular formula is C22H28N4O5S. The molecule has 172 valence electrons. The summed E-state index contributed by atoms with van der Waals surface area (Å²) < 4.78 is 34.3. The van der Waals surface area contributed by atoms with Crippen LogP contribution >= 0.6 is 0 Å². The predicted octanol–water partition coefficient (Wildman–Crippen LogP) is 2.66. The van der Waals surface area contributed by atoms with E-state index in [1.807, 2.05) is 20.8 Å². The Hall–Kier alpha value is -2.88. The second kappa shape index (κ2) is 8.23. The van der Waals surface area contributed by atoms with Gasteiger partial charge in [0.25, 0.3) is 0 Å². The number of anilines is 1. The van der Waals surface area contributed by atoms with Gasteiger partial charge in [-0.1, -0.05) is 12.1 Å². The largest absolute Gasteiger partial charge is 0.486 e. The average Bonchev–Trinajstić information content (AvgIpc) is 3.32. The van der Waals surface area contributed by atoms with Gasteiger partial charge in [0.15, 0.2) is 15.6 Å².